The highest BCUT2D eigenvalue weighted by molar-refractivity contribution is 14.0. The molecule has 0 aliphatic heterocycles. The van der Waals surface area contributed by atoms with Gasteiger partial charge in [-0.25, -0.2) is 4.68 Å². The third-order valence-electron chi connectivity index (χ3n) is 5.42. The average molecular weight is 563 g/mol. The predicted octanol–water partition coefficient (Wildman–Crippen LogP) is 4.37. The lowest BCUT2D eigenvalue weighted by atomic mass is 10.1. The zero-order valence-corrected chi connectivity index (χ0v) is 22.6. The van der Waals surface area contributed by atoms with E-state index < -0.39 is 0 Å². The van der Waals surface area contributed by atoms with Crippen LogP contribution in [-0.4, -0.2) is 55.5 Å². The number of nitrogens with zero attached hydrogens (tertiary/aromatic N) is 4. The number of aromatic nitrogens is 2. The number of aryl methyl sites for hydroxylation is 2. The fraction of sp³-hybridized carbons (Fsp3) is 0.360. The molecule has 2 aromatic carbocycles. The Kier molecular flexibility index (Phi) is 10.0. The summed E-state index contributed by atoms with van der Waals surface area (Å²) in [4.78, 5) is 6.59. The fourth-order valence-electron chi connectivity index (χ4n) is 3.74. The Morgan fingerprint density at radius 2 is 1.79 bits per heavy atom. The van der Waals surface area contributed by atoms with E-state index in [0.29, 0.717) is 6.54 Å². The van der Waals surface area contributed by atoms with Crippen molar-refractivity contribution in [1.29, 1.82) is 0 Å². The quantitative estimate of drug-likeness (QED) is 0.251. The zero-order valence-electron chi connectivity index (χ0n) is 20.3. The van der Waals surface area contributed by atoms with E-state index in [0.717, 1.165) is 53.1 Å². The first kappa shape index (κ1) is 26.5. The highest BCUT2D eigenvalue weighted by atomic mass is 127. The van der Waals surface area contributed by atoms with Crippen LogP contribution < -0.4 is 14.8 Å². The SMILES string of the molecule is CN=C(NCc1ccccc1-n1nc(C)cc1C)N(C)CCc1ccc(OC)c(OC)c1.I. The molecule has 0 fully saturated rings. The minimum absolute atomic E-state index is 0. The Balaban J connectivity index is 0.00000385. The fourth-order valence-corrected chi connectivity index (χ4v) is 3.74. The molecule has 0 bridgehead atoms. The molecule has 3 rings (SSSR count). The van der Waals surface area contributed by atoms with Crippen molar-refractivity contribution in [3.05, 3.63) is 71.0 Å². The van der Waals surface area contributed by atoms with E-state index in [9.17, 15) is 0 Å². The number of likely N-dealkylation sites (N-methyl/N-ethyl adjacent to an activating group) is 1. The van der Waals surface area contributed by atoms with Gasteiger partial charge in [-0.1, -0.05) is 24.3 Å². The van der Waals surface area contributed by atoms with Crippen LogP contribution in [0.1, 0.15) is 22.5 Å². The summed E-state index contributed by atoms with van der Waals surface area (Å²) >= 11 is 0. The Labute approximate surface area is 213 Å². The van der Waals surface area contributed by atoms with Gasteiger partial charge in [0.05, 0.1) is 25.6 Å². The normalized spacial score (nSPS) is 11.0. The van der Waals surface area contributed by atoms with Gasteiger partial charge in [0, 0.05) is 32.9 Å². The van der Waals surface area contributed by atoms with Crippen molar-refractivity contribution in [1.82, 2.24) is 20.0 Å². The van der Waals surface area contributed by atoms with Gasteiger partial charge in [-0.3, -0.25) is 4.99 Å². The van der Waals surface area contributed by atoms with E-state index in [1.54, 1.807) is 14.2 Å². The van der Waals surface area contributed by atoms with Crippen molar-refractivity contribution < 1.29 is 9.47 Å². The predicted molar refractivity (Wildman–Crippen MR) is 145 cm³/mol. The topological polar surface area (TPSA) is 63.9 Å². The lowest BCUT2D eigenvalue weighted by Crippen LogP contribution is -2.39. The lowest BCUT2D eigenvalue weighted by molar-refractivity contribution is 0.354. The number of nitrogens with one attached hydrogen (secondary N) is 1. The first-order valence-corrected chi connectivity index (χ1v) is 10.7. The molecule has 7 nitrogen and oxygen atoms in total. The van der Waals surface area contributed by atoms with E-state index in [1.807, 2.05) is 43.9 Å². The molecule has 178 valence electrons. The number of halogens is 1. The highest BCUT2D eigenvalue weighted by Gasteiger charge is 2.12. The summed E-state index contributed by atoms with van der Waals surface area (Å²) in [5.41, 5.74) is 5.55. The third-order valence-corrected chi connectivity index (χ3v) is 5.42. The van der Waals surface area contributed by atoms with Crippen LogP contribution in [0.25, 0.3) is 5.69 Å². The summed E-state index contributed by atoms with van der Waals surface area (Å²) < 4.78 is 12.7. The lowest BCUT2D eigenvalue weighted by Gasteiger charge is -2.23. The van der Waals surface area contributed by atoms with Crippen LogP contribution in [0.15, 0.2) is 53.5 Å². The second kappa shape index (κ2) is 12.5. The van der Waals surface area contributed by atoms with Gasteiger partial charge in [-0.15, -0.1) is 24.0 Å². The van der Waals surface area contributed by atoms with Gasteiger partial charge in [0.15, 0.2) is 17.5 Å². The molecule has 3 aromatic rings. The molecule has 0 aliphatic rings. The molecule has 0 spiro atoms. The van der Waals surface area contributed by atoms with Crippen LogP contribution in [0.4, 0.5) is 0 Å². The summed E-state index contributed by atoms with van der Waals surface area (Å²) in [5.74, 6) is 2.33. The molecular weight excluding hydrogens is 529 g/mol. The molecule has 0 amide bonds. The summed E-state index contributed by atoms with van der Waals surface area (Å²) in [6.07, 6.45) is 0.861. The summed E-state index contributed by atoms with van der Waals surface area (Å²) in [6.45, 7) is 5.56. The number of hydrogen-bond acceptors (Lipinski definition) is 4. The van der Waals surface area contributed by atoms with Crippen LogP contribution >= 0.6 is 24.0 Å². The van der Waals surface area contributed by atoms with E-state index in [4.69, 9.17) is 9.47 Å². The second-order valence-corrected chi connectivity index (χ2v) is 7.73. The number of para-hydroxylation sites is 1. The van der Waals surface area contributed by atoms with Crippen LogP contribution in [0.5, 0.6) is 11.5 Å². The zero-order chi connectivity index (χ0) is 23.1. The number of methoxy groups -OCH3 is 2. The average Bonchev–Trinajstić information content (AvgIpc) is 3.15. The second-order valence-electron chi connectivity index (χ2n) is 7.73. The number of rotatable bonds is 8. The molecule has 8 heteroatoms. The molecule has 1 aromatic heterocycles. The number of ether oxygens (including phenoxy) is 2. The molecule has 0 saturated heterocycles. The minimum atomic E-state index is 0. The Bertz CT molecular complexity index is 1080. The maximum atomic E-state index is 5.42. The standard InChI is InChI=1S/C25H33N5O2.HI/c1-18-15-19(2)30(28-18)22-10-8-7-9-21(22)17-27-25(26-3)29(4)14-13-20-11-12-23(31-5)24(16-20)32-6;/h7-12,15-16H,13-14,17H2,1-6H3,(H,26,27);1H. The van der Waals surface area contributed by atoms with Gasteiger partial charge in [-0.05, 0) is 55.7 Å². The van der Waals surface area contributed by atoms with E-state index in [-0.39, 0.29) is 24.0 Å². The van der Waals surface area contributed by atoms with Crippen LogP contribution in [0.3, 0.4) is 0 Å². The van der Waals surface area contributed by atoms with Gasteiger partial charge >= 0.3 is 0 Å². The summed E-state index contributed by atoms with van der Waals surface area (Å²) in [6, 6.07) is 16.4. The molecule has 0 aliphatic carbocycles. The van der Waals surface area contributed by atoms with E-state index >= 15 is 0 Å². The summed E-state index contributed by atoms with van der Waals surface area (Å²) in [7, 11) is 7.16. The van der Waals surface area contributed by atoms with E-state index in [1.165, 1.54) is 5.56 Å². The maximum Gasteiger partial charge on any atom is 0.193 e. The van der Waals surface area contributed by atoms with Crippen molar-refractivity contribution >= 4 is 29.9 Å². The van der Waals surface area contributed by atoms with E-state index in [2.05, 4.69) is 57.6 Å². The Morgan fingerprint density at radius 3 is 2.42 bits per heavy atom. The molecule has 33 heavy (non-hydrogen) atoms. The van der Waals surface area contributed by atoms with Crippen LogP contribution in [0.2, 0.25) is 0 Å². The number of aliphatic imine (C=N–C) groups is 1. The smallest absolute Gasteiger partial charge is 0.193 e. The van der Waals surface area contributed by atoms with Crippen molar-refractivity contribution in [3.63, 3.8) is 0 Å². The molecule has 0 unspecified atom stereocenters. The molecule has 0 atom stereocenters. The molecule has 0 radical (unpaired) electrons. The van der Waals surface area contributed by atoms with Crippen molar-refractivity contribution in [2.24, 2.45) is 4.99 Å². The molecular formula is C25H34IN5O2. The monoisotopic (exact) mass is 563 g/mol. The molecule has 0 saturated carbocycles. The van der Waals surface area contributed by atoms with Crippen LogP contribution in [-0.2, 0) is 13.0 Å². The van der Waals surface area contributed by atoms with Gasteiger partial charge in [0.1, 0.15) is 0 Å². The first-order chi connectivity index (χ1) is 15.5. The van der Waals surface area contributed by atoms with Crippen molar-refractivity contribution in [3.8, 4) is 17.2 Å². The third kappa shape index (κ3) is 6.63. The van der Waals surface area contributed by atoms with Gasteiger partial charge in [0.2, 0.25) is 0 Å². The van der Waals surface area contributed by atoms with Gasteiger partial charge in [0.25, 0.3) is 0 Å². The summed E-state index contributed by atoms with van der Waals surface area (Å²) in [5, 5.41) is 8.13. The number of benzene rings is 2. The van der Waals surface area contributed by atoms with Crippen LogP contribution in [0, 0.1) is 13.8 Å². The van der Waals surface area contributed by atoms with Gasteiger partial charge < -0.3 is 19.7 Å². The maximum absolute atomic E-state index is 5.42. The number of hydrogen-bond donors (Lipinski definition) is 1. The van der Waals surface area contributed by atoms with Crippen molar-refractivity contribution in [2.75, 3.05) is 34.9 Å². The highest BCUT2D eigenvalue weighted by Crippen LogP contribution is 2.27. The number of guanidine groups is 1. The largest absolute Gasteiger partial charge is 0.493 e. The van der Waals surface area contributed by atoms with Crippen molar-refractivity contribution in [2.45, 2.75) is 26.8 Å². The molecule has 1 N–H and O–H groups in total. The Morgan fingerprint density at radius 1 is 1.06 bits per heavy atom. The molecule has 1 heterocycles. The first-order valence-electron chi connectivity index (χ1n) is 10.7. The Hall–Kier alpha value is -2.75. The van der Waals surface area contributed by atoms with Gasteiger partial charge in [-0.2, -0.15) is 5.10 Å². The minimum Gasteiger partial charge on any atom is -0.493 e.